The maximum absolute atomic E-state index is 10.2. The number of β-amino-alcohol motifs (C(OH)–C–C–N with tert-alkyl or cyclic N) is 1. The van der Waals surface area contributed by atoms with E-state index in [2.05, 4.69) is 21.1 Å². The highest BCUT2D eigenvalue weighted by atomic mass is 16.5. The van der Waals surface area contributed by atoms with Crippen LogP contribution in [0.3, 0.4) is 0 Å². The molecule has 0 amide bonds. The number of hydrogen-bond acceptors (Lipinski definition) is 7. The predicted octanol–water partition coefficient (Wildman–Crippen LogP) is 0.290. The molecule has 1 fully saturated rings. The average molecular weight is 343 g/mol. The fourth-order valence-corrected chi connectivity index (χ4v) is 2.76. The lowest BCUT2D eigenvalue weighted by Crippen LogP contribution is -2.47. The van der Waals surface area contributed by atoms with Crippen LogP contribution in [0.5, 0.6) is 5.75 Å². The molecule has 1 aliphatic heterocycles. The first-order valence-electron chi connectivity index (χ1n) is 8.20. The second-order valence-electron chi connectivity index (χ2n) is 5.97. The Hall–Kier alpha value is -2.47. The summed E-state index contributed by atoms with van der Waals surface area (Å²) >= 11 is 0. The second kappa shape index (κ2) is 8.58. The molecule has 0 radical (unpaired) electrons. The van der Waals surface area contributed by atoms with Gasteiger partial charge in [-0.1, -0.05) is 0 Å². The van der Waals surface area contributed by atoms with Crippen LogP contribution in [0.4, 0.5) is 0 Å². The molecular formula is C17H21N5O3. The lowest BCUT2D eigenvalue weighted by Gasteiger charge is -2.33. The molecule has 8 heteroatoms. The molecule has 3 rings (SSSR count). The van der Waals surface area contributed by atoms with Crippen molar-refractivity contribution in [3.8, 4) is 11.8 Å². The molecule has 1 aliphatic rings. The van der Waals surface area contributed by atoms with Crippen LogP contribution in [0, 0.1) is 11.3 Å². The van der Waals surface area contributed by atoms with Crippen molar-refractivity contribution in [2.75, 3.05) is 32.8 Å². The van der Waals surface area contributed by atoms with E-state index >= 15 is 0 Å². The van der Waals surface area contributed by atoms with Gasteiger partial charge in [-0.15, -0.1) is 0 Å². The maximum atomic E-state index is 10.2. The minimum atomic E-state index is -0.597. The summed E-state index contributed by atoms with van der Waals surface area (Å²) in [7, 11) is 0. The molecule has 1 N–H and O–H groups in total. The number of nitrogens with zero attached hydrogens (tertiary/aromatic N) is 5. The highest BCUT2D eigenvalue weighted by Gasteiger charge is 2.23. The number of aliphatic hydroxyl groups excluding tert-OH is 1. The van der Waals surface area contributed by atoms with E-state index in [1.54, 1.807) is 35.3 Å². The molecule has 0 saturated carbocycles. The van der Waals surface area contributed by atoms with Gasteiger partial charge >= 0.3 is 0 Å². The highest BCUT2D eigenvalue weighted by Crippen LogP contribution is 2.13. The summed E-state index contributed by atoms with van der Waals surface area (Å²) < 4.78 is 13.1. The summed E-state index contributed by atoms with van der Waals surface area (Å²) in [5.74, 6) is 0.643. The van der Waals surface area contributed by atoms with Crippen molar-refractivity contribution in [3.05, 3.63) is 42.5 Å². The molecule has 0 aliphatic carbocycles. The zero-order valence-corrected chi connectivity index (χ0v) is 13.9. The zero-order chi connectivity index (χ0) is 17.5. The van der Waals surface area contributed by atoms with Gasteiger partial charge in [0.25, 0.3) is 0 Å². The topological polar surface area (TPSA) is 96.4 Å². The molecular weight excluding hydrogens is 322 g/mol. The lowest BCUT2D eigenvalue weighted by atomic mass is 10.2. The monoisotopic (exact) mass is 343 g/mol. The van der Waals surface area contributed by atoms with Gasteiger partial charge in [0.05, 0.1) is 30.9 Å². The molecule has 0 spiro atoms. The SMILES string of the molecule is N#Cc1ccc(OC[C@H](O)CN2CCO[C@H](Cn3cncn3)C2)cc1. The zero-order valence-electron chi connectivity index (χ0n) is 13.9. The van der Waals surface area contributed by atoms with Crippen LogP contribution in [0.1, 0.15) is 5.56 Å². The quantitative estimate of drug-likeness (QED) is 0.772. The number of rotatable bonds is 7. The third kappa shape index (κ3) is 5.26. The Morgan fingerprint density at radius 1 is 1.40 bits per heavy atom. The van der Waals surface area contributed by atoms with Gasteiger partial charge in [-0.25, -0.2) is 4.98 Å². The largest absolute Gasteiger partial charge is 0.491 e. The van der Waals surface area contributed by atoms with Gasteiger partial charge in [0.15, 0.2) is 0 Å². The number of ether oxygens (including phenoxy) is 2. The smallest absolute Gasteiger partial charge is 0.137 e. The number of hydrogen-bond donors (Lipinski definition) is 1. The lowest BCUT2D eigenvalue weighted by molar-refractivity contribution is -0.0517. The highest BCUT2D eigenvalue weighted by molar-refractivity contribution is 5.34. The van der Waals surface area contributed by atoms with Gasteiger partial charge in [-0.05, 0) is 24.3 Å². The molecule has 2 atom stereocenters. The Bertz CT molecular complexity index is 683. The van der Waals surface area contributed by atoms with E-state index in [9.17, 15) is 5.11 Å². The number of aromatic nitrogens is 3. The summed E-state index contributed by atoms with van der Waals surface area (Å²) in [6.45, 7) is 3.51. The molecule has 1 saturated heterocycles. The summed E-state index contributed by atoms with van der Waals surface area (Å²) in [4.78, 5) is 6.09. The summed E-state index contributed by atoms with van der Waals surface area (Å²) in [6.07, 6.45) is 2.61. The van der Waals surface area contributed by atoms with Crippen LogP contribution in [0.2, 0.25) is 0 Å². The molecule has 0 bridgehead atoms. The second-order valence-corrected chi connectivity index (χ2v) is 5.97. The molecule has 2 heterocycles. The van der Waals surface area contributed by atoms with Crippen molar-refractivity contribution in [3.63, 3.8) is 0 Å². The van der Waals surface area contributed by atoms with Gasteiger partial charge in [0.1, 0.15) is 31.1 Å². The van der Waals surface area contributed by atoms with Crippen molar-refractivity contribution in [2.45, 2.75) is 18.8 Å². The van der Waals surface area contributed by atoms with E-state index in [1.165, 1.54) is 6.33 Å². The van der Waals surface area contributed by atoms with E-state index in [4.69, 9.17) is 14.7 Å². The minimum Gasteiger partial charge on any atom is -0.491 e. The van der Waals surface area contributed by atoms with Crippen LogP contribution in [0.15, 0.2) is 36.9 Å². The summed E-state index contributed by atoms with van der Waals surface area (Å²) in [5, 5.41) is 23.1. The van der Waals surface area contributed by atoms with E-state index in [-0.39, 0.29) is 12.7 Å². The molecule has 1 aromatic carbocycles. The summed E-state index contributed by atoms with van der Waals surface area (Å²) in [5.41, 5.74) is 0.583. The Kier molecular flexibility index (Phi) is 5.95. The van der Waals surface area contributed by atoms with Crippen molar-refractivity contribution in [1.29, 1.82) is 5.26 Å². The van der Waals surface area contributed by atoms with Gasteiger partial charge in [0.2, 0.25) is 0 Å². The Morgan fingerprint density at radius 3 is 2.96 bits per heavy atom. The molecule has 1 aromatic heterocycles. The third-order valence-electron chi connectivity index (χ3n) is 3.97. The Balaban J connectivity index is 1.42. The first-order chi connectivity index (χ1) is 12.2. The first-order valence-corrected chi connectivity index (χ1v) is 8.20. The normalized spacial score (nSPS) is 19.3. The molecule has 8 nitrogen and oxygen atoms in total. The van der Waals surface area contributed by atoms with Crippen LogP contribution in [-0.2, 0) is 11.3 Å². The number of morpholine rings is 1. The molecule has 132 valence electrons. The van der Waals surface area contributed by atoms with E-state index < -0.39 is 6.10 Å². The third-order valence-corrected chi connectivity index (χ3v) is 3.97. The van der Waals surface area contributed by atoms with Gasteiger partial charge in [-0.3, -0.25) is 9.58 Å². The van der Waals surface area contributed by atoms with E-state index in [1.807, 2.05) is 0 Å². The van der Waals surface area contributed by atoms with Gasteiger partial charge < -0.3 is 14.6 Å². The molecule has 2 aromatic rings. The number of benzene rings is 1. The average Bonchev–Trinajstić information content (AvgIpc) is 3.14. The van der Waals surface area contributed by atoms with Crippen molar-refractivity contribution in [2.24, 2.45) is 0 Å². The molecule has 0 unspecified atom stereocenters. The van der Waals surface area contributed by atoms with Gasteiger partial charge in [0, 0.05) is 19.6 Å². The minimum absolute atomic E-state index is 0.0297. The number of nitriles is 1. The standard InChI is InChI=1S/C17H21N5O3/c18-7-14-1-3-16(4-2-14)25-11-15(23)8-21-5-6-24-17(9-21)10-22-13-19-12-20-22/h1-4,12-13,15,17,23H,5-6,8-11H2/t15-,17+/m1/s1. The van der Waals surface area contributed by atoms with Crippen molar-refractivity contribution in [1.82, 2.24) is 19.7 Å². The Labute approximate surface area is 146 Å². The number of aliphatic hydroxyl groups is 1. The van der Waals surface area contributed by atoms with E-state index in [0.717, 1.165) is 13.1 Å². The van der Waals surface area contributed by atoms with Crippen LogP contribution in [-0.4, -0.2) is 69.8 Å². The van der Waals surface area contributed by atoms with Crippen LogP contribution >= 0.6 is 0 Å². The molecule has 25 heavy (non-hydrogen) atoms. The van der Waals surface area contributed by atoms with E-state index in [0.29, 0.717) is 31.0 Å². The van der Waals surface area contributed by atoms with Crippen molar-refractivity contribution >= 4 is 0 Å². The Morgan fingerprint density at radius 2 is 2.24 bits per heavy atom. The maximum Gasteiger partial charge on any atom is 0.137 e. The first kappa shape index (κ1) is 17.4. The predicted molar refractivity (Wildman–Crippen MR) is 88.9 cm³/mol. The van der Waals surface area contributed by atoms with Crippen molar-refractivity contribution < 1.29 is 14.6 Å². The van der Waals surface area contributed by atoms with Crippen LogP contribution in [0.25, 0.3) is 0 Å². The van der Waals surface area contributed by atoms with Crippen LogP contribution < -0.4 is 4.74 Å². The summed E-state index contributed by atoms with van der Waals surface area (Å²) in [6, 6.07) is 8.91. The fraction of sp³-hybridized carbons (Fsp3) is 0.471. The van der Waals surface area contributed by atoms with Gasteiger partial charge in [-0.2, -0.15) is 10.4 Å². The fourth-order valence-electron chi connectivity index (χ4n) is 2.76.